The number of hydrogen-bond acceptors (Lipinski definition) is 2. The van der Waals surface area contributed by atoms with Gasteiger partial charge in [0.25, 0.3) is 0 Å². The van der Waals surface area contributed by atoms with Gasteiger partial charge in [0.05, 0.1) is 0 Å². The molecule has 19 heavy (non-hydrogen) atoms. The molecular formula is C17H36N2. The van der Waals surface area contributed by atoms with Crippen LogP contribution in [0, 0.1) is 17.8 Å². The minimum absolute atomic E-state index is 0.779. The fourth-order valence-corrected chi connectivity index (χ4v) is 3.44. The Balaban J connectivity index is 2.46. The molecule has 0 spiro atoms. The maximum atomic E-state index is 3.77. The van der Waals surface area contributed by atoms with Crippen molar-refractivity contribution in [3.63, 3.8) is 0 Å². The van der Waals surface area contributed by atoms with E-state index in [1.165, 1.54) is 51.9 Å². The summed E-state index contributed by atoms with van der Waals surface area (Å²) in [6.07, 6.45) is 5.49. The molecule has 1 aliphatic rings. The Bertz CT molecular complexity index is 215. The van der Waals surface area contributed by atoms with Crippen molar-refractivity contribution in [2.75, 3.05) is 26.2 Å². The normalized spacial score (nSPS) is 24.0. The monoisotopic (exact) mass is 268 g/mol. The predicted octanol–water partition coefficient (Wildman–Crippen LogP) is 3.77. The Morgan fingerprint density at radius 1 is 1.05 bits per heavy atom. The van der Waals surface area contributed by atoms with Crippen LogP contribution >= 0.6 is 0 Å². The van der Waals surface area contributed by atoms with E-state index in [4.69, 9.17) is 0 Å². The third kappa shape index (κ3) is 6.76. The van der Waals surface area contributed by atoms with Crippen LogP contribution in [-0.2, 0) is 0 Å². The second kappa shape index (κ2) is 8.97. The molecule has 0 aromatic rings. The van der Waals surface area contributed by atoms with Crippen LogP contribution in [0.5, 0.6) is 0 Å². The van der Waals surface area contributed by atoms with Crippen molar-refractivity contribution >= 4 is 0 Å². The van der Waals surface area contributed by atoms with Crippen LogP contribution < -0.4 is 5.32 Å². The third-order valence-electron chi connectivity index (χ3n) is 4.06. The Hall–Kier alpha value is -0.0800. The van der Waals surface area contributed by atoms with E-state index in [-0.39, 0.29) is 0 Å². The molecule has 0 bridgehead atoms. The molecule has 0 amide bonds. The van der Waals surface area contributed by atoms with E-state index in [0.717, 1.165) is 23.8 Å². The highest BCUT2D eigenvalue weighted by atomic mass is 15.1. The standard InChI is InChI=1S/C17H36N2/c1-6-10-18-17-9-7-8-16(17)13-19(11-14(2)3)12-15(4)5/h14-18H,6-13H2,1-5H3. The fourth-order valence-electron chi connectivity index (χ4n) is 3.44. The smallest absolute Gasteiger partial charge is 0.0107 e. The van der Waals surface area contributed by atoms with E-state index in [1.54, 1.807) is 0 Å². The molecule has 2 unspecified atom stereocenters. The molecule has 0 heterocycles. The molecule has 1 N–H and O–H groups in total. The van der Waals surface area contributed by atoms with Crippen LogP contribution in [0.1, 0.15) is 60.3 Å². The van der Waals surface area contributed by atoms with Gasteiger partial charge in [-0.3, -0.25) is 0 Å². The lowest BCUT2D eigenvalue weighted by Crippen LogP contribution is -2.42. The van der Waals surface area contributed by atoms with Crippen molar-refractivity contribution in [1.82, 2.24) is 10.2 Å². The van der Waals surface area contributed by atoms with Gasteiger partial charge in [0.2, 0.25) is 0 Å². The zero-order valence-corrected chi connectivity index (χ0v) is 13.9. The van der Waals surface area contributed by atoms with E-state index in [0.29, 0.717) is 0 Å². The molecule has 1 rings (SSSR count). The SMILES string of the molecule is CCCNC1CCCC1CN(CC(C)C)CC(C)C. The lowest BCUT2D eigenvalue weighted by molar-refractivity contribution is 0.176. The van der Waals surface area contributed by atoms with Crippen LogP contribution in [0.4, 0.5) is 0 Å². The predicted molar refractivity (Wildman–Crippen MR) is 85.5 cm³/mol. The number of rotatable bonds is 9. The van der Waals surface area contributed by atoms with Crippen LogP contribution in [0.15, 0.2) is 0 Å². The fraction of sp³-hybridized carbons (Fsp3) is 1.00. The third-order valence-corrected chi connectivity index (χ3v) is 4.06. The molecule has 0 saturated heterocycles. The summed E-state index contributed by atoms with van der Waals surface area (Å²) in [7, 11) is 0. The molecule has 1 aliphatic carbocycles. The summed E-state index contributed by atoms with van der Waals surface area (Å²) in [6, 6.07) is 0.779. The highest BCUT2D eigenvalue weighted by Crippen LogP contribution is 2.27. The quantitative estimate of drug-likeness (QED) is 0.685. The molecular weight excluding hydrogens is 232 g/mol. The van der Waals surface area contributed by atoms with Gasteiger partial charge in [-0.1, -0.05) is 41.0 Å². The second-order valence-electron chi connectivity index (χ2n) is 7.26. The van der Waals surface area contributed by atoms with Gasteiger partial charge in [-0.05, 0) is 43.6 Å². The summed E-state index contributed by atoms with van der Waals surface area (Å²) >= 11 is 0. The van der Waals surface area contributed by atoms with Crippen molar-refractivity contribution < 1.29 is 0 Å². The summed E-state index contributed by atoms with van der Waals surface area (Å²) in [5.41, 5.74) is 0. The Labute approximate surface area is 121 Å². The zero-order chi connectivity index (χ0) is 14.3. The average molecular weight is 268 g/mol. The first-order valence-electron chi connectivity index (χ1n) is 8.48. The first kappa shape index (κ1) is 17.0. The van der Waals surface area contributed by atoms with Crippen molar-refractivity contribution in [3.8, 4) is 0 Å². The minimum atomic E-state index is 0.779. The highest BCUT2D eigenvalue weighted by molar-refractivity contribution is 4.85. The van der Waals surface area contributed by atoms with E-state index >= 15 is 0 Å². The van der Waals surface area contributed by atoms with Gasteiger partial charge in [-0.25, -0.2) is 0 Å². The molecule has 1 saturated carbocycles. The second-order valence-corrected chi connectivity index (χ2v) is 7.26. The molecule has 114 valence electrons. The van der Waals surface area contributed by atoms with E-state index < -0.39 is 0 Å². The molecule has 2 atom stereocenters. The number of hydrogen-bond donors (Lipinski definition) is 1. The molecule has 1 fully saturated rings. The molecule has 2 heteroatoms. The molecule has 0 aliphatic heterocycles. The average Bonchev–Trinajstić information content (AvgIpc) is 2.72. The number of nitrogens with zero attached hydrogens (tertiary/aromatic N) is 1. The molecule has 0 radical (unpaired) electrons. The Kier molecular flexibility index (Phi) is 8.01. The molecule has 0 aromatic carbocycles. The summed E-state index contributed by atoms with van der Waals surface area (Å²) in [5, 5.41) is 3.77. The first-order chi connectivity index (χ1) is 9.02. The minimum Gasteiger partial charge on any atom is -0.314 e. The van der Waals surface area contributed by atoms with Gasteiger partial charge >= 0.3 is 0 Å². The lowest BCUT2D eigenvalue weighted by Gasteiger charge is -2.31. The molecule has 2 nitrogen and oxygen atoms in total. The van der Waals surface area contributed by atoms with Crippen molar-refractivity contribution in [3.05, 3.63) is 0 Å². The van der Waals surface area contributed by atoms with Crippen molar-refractivity contribution in [2.24, 2.45) is 17.8 Å². The summed E-state index contributed by atoms with van der Waals surface area (Å²) in [4.78, 5) is 2.71. The largest absolute Gasteiger partial charge is 0.314 e. The lowest BCUT2D eigenvalue weighted by atomic mass is 10.0. The highest BCUT2D eigenvalue weighted by Gasteiger charge is 2.28. The zero-order valence-electron chi connectivity index (χ0n) is 13.9. The van der Waals surface area contributed by atoms with Gasteiger partial charge < -0.3 is 10.2 Å². The van der Waals surface area contributed by atoms with Gasteiger partial charge in [-0.2, -0.15) is 0 Å². The van der Waals surface area contributed by atoms with Crippen molar-refractivity contribution in [2.45, 2.75) is 66.3 Å². The number of nitrogens with one attached hydrogen (secondary N) is 1. The summed E-state index contributed by atoms with van der Waals surface area (Å²) < 4.78 is 0. The van der Waals surface area contributed by atoms with Crippen LogP contribution in [-0.4, -0.2) is 37.1 Å². The topological polar surface area (TPSA) is 15.3 Å². The van der Waals surface area contributed by atoms with Gasteiger partial charge in [0.15, 0.2) is 0 Å². The van der Waals surface area contributed by atoms with Gasteiger partial charge in [0.1, 0.15) is 0 Å². The van der Waals surface area contributed by atoms with Crippen LogP contribution in [0.25, 0.3) is 0 Å². The molecule has 0 aromatic heterocycles. The maximum Gasteiger partial charge on any atom is 0.0107 e. The maximum absolute atomic E-state index is 3.77. The van der Waals surface area contributed by atoms with E-state index in [9.17, 15) is 0 Å². The Morgan fingerprint density at radius 3 is 2.21 bits per heavy atom. The van der Waals surface area contributed by atoms with E-state index in [2.05, 4.69) is 44.8 Å². The van der Waals surface area contributed by atoms with Gasteiger partial charge in [0, 0.05) is 25.7 Å². The van der Waals surface area contributed by atoms with Crippen molar-refractivity contribution in [1.29, 1.82) is 0 Å². The van der Waals surface area contributed by atoms with Crippen LogP contribution in [0.3, 0.4) is 0 Å². The Morgan fingerprint density at radius 2 is 1.68 bits per heavy atom. The summed E-state index contributed by atoms with van der Waals surface area (Å²) in [5.74, 6) is 2.44. The van der Waals surface area contributed by atoms with E-state index in [1.807, 2.05) is 0 Å². The van der Waals surface area contributed by atoms with Crippen LogP contribution in [0.2, 0.25) is 0 Å². The van der Waals surface area contributed by atoms with Gasteiger partial charge in [-0.15, -0.1) is 0 Å². The summed E-state index contributed by atoms with van der Waals surface area (Å²) in [6.45, 7) is 16.6. The first-order valence-corrected chi connectivity index (χ1v) is 8.48.